The molecule has 2 aromatic rings. The maximum absolute atomic E-state index is 12.5. The molecule has 4 rings (SSSR count). The van der Waals surface area contributed by atoms with Crippen molar-refractivity contribution in [1.29, 1.82) is 0 Å². The Morgan fingerprint density at radius 2 is 1.79 bits per heavy atom. The van der Waals surface area contributed by atoms with Gasteiger partial charge in [0.1, 0.15) is 0 Å². The molecular formula is C28H37N3O2. The third-order valence-corrected chi connectivity index (χ3v) is 7.07. The molecule has 1 saturated heterocycles. The highest BCUT2D eigenvalue weighted by Crippen LogP contribution is 2.29. The molecule has 1 amide bonds. The van der Waals surface area contributed by atoms with Gasteiger partial charge in [-0.15, -0.1) is 0 Å². The number of piperazine rings is 1. The number of aryl methyl sites for hydroxylation is 1. The van der Waals surface area contributed by atoms with Gasteiger partial charge < -0.3 is 10.2 Å². The van der Waals surface area contributed by atoms with E-state index in [-0.39, 0.29) is 17.7 Å². The van der Waals surface area contributed by atoms with Crippen LogP contribution in [0.4, 0.5) is 5.69 Å². The van der Waals surface area contributed by atoms with E-state index in [2.05, 4.69) is 45.4 Å². The number of amides is 1. The third-order valence-electron chi connectivity index (χ3n) is 7.07. The summed E-state index contributed by atoms with van der Waals surface area (Å²) in [6.45, 7) is 6.80. The standard InChI is InChI=1S/C28H37N3O2/c1-22(32)24-11-7-12-25(21-24)31-19-17-30(18-20-31)16-6-2-3-15-28(33)29-27-14-8-10-23-9-4-5-13-26(23)27/h4-5,7,9,11-13,21,27H,2-3,6,8,10,14-20H2,1H3,(H,29,33). The van der Waals surface area contributed by atoms with E-state index in [9.17, 15) is 9.59 Å². The third kappa shape index (κ3) is 6.44. The summed E-state index contributed by atoms with van der Waals surface area (Å²) in [5.41, 5.74) is 4.63. The maximum Gasteiger partial charge on any atom is 0.220 e. The van der Waals surface area contributed by atoms with Gasteiger partial charge in [0.25, 0.3) is 0 Å². The van der Waals surface area contributed by atoms with Crippen LogP contribution in [0.3, 0.4) is 0 Å². The van der Waals surface area contributed by atoms with E-state index in [4.69, 9.17) is 0 Å². The molecule has 1 unspecified atom stereocenters. The number of rotatable bonds is 9. The monoisotopic (exact) mass is 447 g/mol. The zero-order valence-corrected chi connectivity index (χ0v) is 19.9. The van der Waals surface area contributed by atoms with Crippen LogP contribution < -0.4 is 10.2 Å². The zero-order chi connectivity index (χ0) is 23.0. The van der Waals surface area contributed by atoms with Crippen molar-refractivity contribution in [2.75, 3.05) is 37.6 Å². The van der Waals surface area contributed by atoms with Crippen molar-refractivity contribution in [2.24, 2.45) is 0 Å². The molecule has 1 N–H and O–H groups in total. The second kappa shape index (κ2) is 11.5. The Morgan fingerprint density at radius 3 is 2.61 bits per heavy atom. The lowest BCUT2D eigenvalue weighted by molar-refractivity contribution is -0.122. The summed E-state index contributed by atoms with van der Waals surface area (Å²) in [6, 6.07) is 16.7. The average molecular weight is 448 g/mol. The summed E-state index contributed by atoms with van der Waals surface area (Å²) in [6.07, 6.45) is 7.14. The van der Waals surface area contributed by atoms with E-state index >= 15 is 0 Å². The maximum atomic E-state index is 12.5. The van der Waals surface area contributed by atoms with Crippen LogP contribution in [-0.4, -0.2) is 49.3 Å². The van der Waals surface area contributed by atoms with Gasteiger partial charge in [-0.3, -0.25) is 14.5 Å². The molecule has 33 heavy (non-hydrogen) atoms. The van der Waals surface area contributed by atoms with Crippen molar-refractivity contribution < 1.29 is 9.59 Å². The van der Waals surface area contributed by atoms with E-state index in [1.807, 2.05) is 18.2 Å². The van der Waals surface area contributed by atoms with Crippen molar-refractivity contribution in [3.8, 4) is 0 Å². The highest BCUT2D eigenvalue weighted by molar-refractivity contribution is 5.95. The van der Waals surface area contributed by atoms with Crippen LogP contribution in [0, 0.1) is 0 Å². The van der Waals surface area contributed by atoms with Gasteiger partial charge in [-0.2, -0.15) is 0 Å². The SMILES string of the molecule is CC(=O)c1cccc(N2CCN(CCCCCC(=O)NC3CCCc4ccccc43)CC2)c1. The van der Waals surface area contributed by atoms with E-state index in [1.54, 1.807) is 6.92 Å². The summed E-state index contributed by atoms with van der Waals surface area (Å²) in [5, 5.41) is 3.27. The minimum absolute atomic E-state index is 0.118. The lowest BCUT2D eigenvalue weighted by Crippen LogP contribution is -2.46. The molecule has 1 fully saturated rings. The first-order valence-electron chi connectivity index (χ1n) is 12.6. The highest BCUT2D eigenvalue weighted by Gasteiger charge is 2.21. The first kappa shape index (κ1) is 23.5. The Kier molecular flexibility index (Phi) is 8.16. The Balaban J connectivity index is 1.11. The second-order valence-corrected chi connectivity index (χ2v) is 9.46. The normalized spacial score (nSPS) is 18.6. The van der Waals surface area contributed by atoms with E-state index < -0.39 is 0 Å². The molecule has 2 aromatic carbocycles. The van der Waals surface area contributed by atoms with Crippen LogP contribution in [0.2, 0.25) is 0 Å². The van der Waals surface area contributed by atoms with E-state index in [0.29, 0.717) is 6.42 Å². The summed E-state index contributed by atoms with van der Waals surface area (Å²) in [7, 11) is 0. The number of carbonyl (C=O) groups is 2. The summed E-state index contributed by atoms with van der Waals surface area (Å²) in [5.74, 6) is 0.311. The number of fused-ring (bicyclic) bond motifs is 1. The molecular weight excluding hydrogens is 410 g/mol. The molecule has 0 bridgehead atoms. The molecule has 1 atom stereocenters. The van der Waals surface area contributed by atoms with Gasteiger partial charge in [-0.1, -0.05) is 42.8 Å². The van der Waals surface area contributed by atoms with Crippen LogP contribution in [0.5, 0.6) is 0 Å². The molecule has 1 heterocycles. The predicted molar refractivity (Wildman–Crippen MR) is 134 cm³/mol. The minimum Gasteiger partial charge on any atom is -0.369 e. The zero-order valence-electron chi connectivity index (χ0n) is 19.9. The quantitative estimate of drug-likeness (QED) is 0.445. The fraction of sp³-hybridized carbons (Fsp3) is 0.500. The summed E-state index contributed by atoms with van der Waals surface area (Å²) in [4.78, 5) is 29.0. The number of unbranched alkanes of at least 4 members (excludes halogenated alkanes) is 2. The highest BCUT2D eigenvalue weighted by atomic mass is 16.1. The van der Waals surface area contributed by atoms with Gasteiger partial charge in [-0.05, 0) is 68.8 Å². The van der Waals surface area contributed by atoms with Crippen LogP contribution in [-0.2, 0) is 11.2 Å². The van der Waals surface area contributed by atoms with Gasteiger partial charge in [0.05, 0.1) is 6.04 Å². The van der Waals surface area contributed by atoms with Gasteiger partial charge in [0.15, 0.2) is 5.78 Å². The number of hydrogen-bond acceptors (Lipinski definition) is 4. The Bertz CT molecular complexity index is 950. The van der Waals surface area contributed by atoms with Crippen LogP contribution in [0.1, 0.15) is 73.0 Å². The van der Waals surface area contributed by atoms with Gasteiger partial charge in [-0.25, -0.2) is 0 Å². The topological polar surface area (TPSA) is 52.7 Å². The first-order valence-corrected chi connectivity index (χ1v) is 12.6. The lowest BCUT2D eigenvalue weighted by atomic mass is 9.87. The Labute approximate surface area is 198 Å². The number of Topliss-reactive ketones (excluding diaryl/α,β-unsaturated/α-hetero) is 1. The van der Waals surface area contributed by atoms with Gasteiger partial charge in [0.2, 0.25) is 5.91 Å². The van der Waals surface area contributed by atoms with Crippen molar-refractivity contribution in [3.05, 3.63) is 65.2 Å². The molecule has 2 aliphatic rings. The second-order valence-electron chi connectivity index (χ2n) is 9.46. The van der Waals surface area contributed by atoms with Crippen LogP contribution >= 0.6 is 0 Å². The molecule has 0 aromatic heterocycles. The van der Waals surface area contributed by atoms with Crippen LogP contribution in [0.15, 0.2) is 48.5 Å². The predicted octanol–water partition coefficient (Wildman–Crippen LogP) is 4.77. The van der Waals surface area contributed by atoms with Crippen LogP contribution in [0.25, 0.3) is 0 Å². The number of nitrogens with one attached hydrogen (secondary N) is 1. The van der Waals surface area contributed by atoms with E-state index in [0.717, 1.165) is 82.5 Å². The number of benzene rings is 2. The van der Waals surface area contributed by atoms with E-state index in [1.165, 1.54) is 11.1 Å². The number of nitrogens with zero attached hydrogens (tertiary/aromatic N) is 2. The smallest absolute Gasteiger partial charge is 0.220 e. The molecule has 0 radical (unpaired) electrons. The number of carbonyl (C=O) groups excluding carboxylic acids is 2. The van der Waals surface area contributed by atoms with Gasteiger partial charge in [0, 0.05) is 43.9 Å². The first-order chi connectivity index (χ1) is 16.1. The largest absolute Gasteiger partial charge is 0.369 e. The van der Waals surface area contributed by atoms with Gasteiger partial charge >= 0.3 is 0 Å². The lowest BCUT2D eigenvalue weighted by Gasteiger charge is -2.36. The summed E-state index contributed by atoms with van der Waals surface area (Å²) < 4.78 is 0. The Hall–Kier alpha value is -2.66. The molecule has 5 nitrogen and oxygen atoms in total. The van der Waals surface area contributed by atoms with Crippen molar-refractivity contribution in [3.63, 3.8) is 0 Å². The average Bonchev–Trinajstić information content (AvgIpc) is 2.84. The summed E-state index contributed by atoms with van der Waals surface area (Å²) >= 11 is 0. The molecule has 1 aliphatic carbocycles. The van der Waals surface area contributed by atoms with Crippen molar-refractivity contribution in [2.45, 2.75) is 57.9 Å². The molecule has 0 saturated carbocycles. The number of ketones is 1. The molecule has 176 valence electrons. The minimum atomic E-state index is 0.118. The van der Waals surface area contributed by atoms with Crippen molar-refractivity contribution in [1.82, 2.24) is 10.2 Å². The fourth-order valence-electron chi connectivity index (χ4n) is 5.12. The number of anilines is 1. The Morgan fingerprint density at radius 1 is 0.970 bits per heavy atom. The number of hydrogen-bond donors (Lipinski definition) is 1. The molecule has 1 aliphatic heterocycles. The van der Waals surface area contributed by atoms with Crippen molar-refractivity contribution >= 4 is 17.4 Å². The fourth-order valence-corrected chi connectivity index (χ4v) is 5.12. The molecule has 0 spiro atoms. The molecule has 5 heteroatoms.